The second kappa shape index (κ2) is 5.83. The Morgan fingerprint density at radius 3 is 2.95 bits per heavy atom. The molecule has 0 atom stereocenters. The first-order valence-corrected chi connectivity index (χ1v) is 6.94. The largest absolute Gasteiger partial charge is 0.360 e. The van der Waals surface area contributed by atoms with E-state index < -0.39 is 0 Å². The quantitative estimate of drug-likeness (QED) is 0.870. The van der Waals surface area contributed by atoms with E-state index in [0.29, 0.717) is 18.3 Å². The lowest BCUT2D eigenvalue weighted by molar-refractivity contribution is -0.127. The van der Waals surface area contributed by atoms with Crippen molar-refractivity contribution in [2.75, 3.05) is 37.8 Å². The van der Waals surface area contributed by atoms with Gasteiger partial charge in [0.2, 0.25) is 11.9 Å². The van der Waals surface area contributed by atoms with Crippen LogP contribution in [0.4, 0.5) is 11.8 Å². The maximum Gasteiger partial charge on any atom is 0.241 e. The van der Waals surface area contributed by atoms with Gasteiger partial charge in [-0.1, -0.05) is 0 Å². The number of thiophene rings is 1. The summed E-state index contributed by atoms with van der Waals surface area (Å²) in [6.45, 7) is 2.87. The van der Waals surface area contributed by atoms with E-state index in [1.54, 1.807) is 30.3 Å². The molecule has 0 aliphatic heterocycles. The third-order valence-electron chi connectivity index (χ3n) is 2.86. The van der Waals surface area contributed by atoms with Gasteiger partial charge in [-0.25, -0.2) is 4.98 Å². The van der Waals surface area contributed by atoms with Crippen LogP contribution in [0.5, 0.6) is 0 Å². The molecule has 0 aliphatic carbocycles. The average Bonchev–Trinajstić information content (AvgIpc) is 2.91. The number of nitrogens with one attached hydrogen (secondary N) is 2. The number of hydrogen-bond acceptors (Lipinski definition) is 6. The number of aromatic nitrogens is 2. The van der Waals surface area contributed by atoms with Crippen LogP contribution in [0.1, 0.15) is 6.92 Å². The predicted molar refractivity (Wildman–Crippen MR) is 78.8 cm³/mol. The van der Waals surface area contributed by atoms with Crippen LogP contribution in [0.25, 0.3) is 10.2 Å². The number of hydrogen-bond donors (Lipinski definition) is 2. The van der Waals surface area contributed by atoms with Crippen molar-refractivity contribution in [3.8, 4) is 0 Å². The van der Waals surface area contributed by atoms with Crippen molar-refractivity contribution in [1.29, 1.82) is 0 Å². The van der Waals surface area contributed by atoms with Gasteiger partial charge in [-0.05, 0) is 18.4 Å². The summed E-state index contributed by atoms with van der Waals surface area (Å²) in [7, 11) is 3.55. The smallest absolute Gasteiger partial charge is 0.241 e. The lowest BCUT2D eigenvalue weighted by atomic mass is 10.3. The Morgan fingerprint density at radius 1 is 1.47 bits per heavy atom. The van der Waals surface area contributed by atoms with E-state index in [-0.39, 0.29) is 12.5 Å². The van der Waals surface area contributed by atoms with E-state index in [2.05, 4.69) is 20.6 Å². The minimum Gasteiger partial charge on any atom is -0.360 e. The third-order valence-corrected chi connectivity index (χ3v) is 3.66. The number of anilines is 2. The molecular weight excluding hydrogens is 262 g/mol. The number of carbonyl (C=O) groups excluding carboxylic acids is 1. The fourth-order valence-corrected chi connectivity index (χ4v) is 2.34. The fraction of sp³-hybridized carbons (Fsp3) is 0.417. The molecule has 1 amide bonds. The lowest BCUT2D eigenvalue weighted by Crippen LogP contribution is -2.32. The van der Waals surface area contributed by atoms with Gasteiger partial charge in [-0.15, -0.1) is 11.3 Å². The van der Waals surface area contributed by atoms with Crippen LogP contribution in [0, 0.1) is 0 Å². The lowest BCUT2D eigenvalue weighted by Gasteiger charge is -2.15. The first-order valence-electron chi connectivity index (χ1n) is 6.06. The molecule has 2 N–H and O–H groups in total. The minimum atomic E-state index is 0.0375. The zero-order chi connectivity index (χ0) is 13.8. The Kier molecular flexibility index (Phi) is 4.16. The van der Waals surface area contributed by atoms with Crippen LogP contribution in [-0.4, -0.2) is 48.0 Å². The van der Waals surface area contributed by atoms with E-state index in [4.69, 9.17) is 0 Å². The van der Waals surface area contributed by atoms with Crippen molar-refractivity contribution in [1.82, 2.24) is 14.9 Å². The Balaban J connectivity index is 2.19. The zero-order valence-corrected chi connectivity index (χ0v) is 12.0. The molecule has 0 radical (unpaired) electrons. The van der Waals surface area contributed by atoms with Crippen molar-refractivity contribution in [3.05, 3.63) is 11.4 Å². The van der Waals surface area contributed by atoms with Crippen LogP contribution in [0.15, 0.2) is 11.4 Å². The molecule has 0 fully saturated rings. The SMILES string of the molecule is CCN(C)C(=O)CNc1nc(NC)nc2sccc12. The molecule has 2 aromatic heterocycles. The molecule has 0 aliphatic rings. The van der Waals surface area contributed by atoms with Crippen molar-refractivity contribution in [2.24, 2.45) is 0 Å². The van der Waals surface area contributed by atoms with Gasteiger partial charge in [0.15, 0.2) is 0 Å². The van der Waals surface area contributed by atoms with Crippen molar-refractivity contribution < 1.29 is 4.79 Å². The molecule has 0 saturated carbocycles. The topological polar surface area (TPSA) is 70.2 Å². The Morgan fingerprint density at radius 2 is 2.26 bits per heavy atom. The van der Waals surface area contributed by atoms with E-state index in [1.165, 1.54) is 0 Å². The summed E-state index contributed by atoms with van der Waals surface area (Å²) in [6.07, 6.45) is 0. The number of amides is 1. The summed E-state index contributed by atoms with van der Waals surface area (Å²) in [4.78, 5) is 23.1. The number of carbonyl (C=O) groups is 1. The maximum absolute atomic E-state index is 11.8. The first-order chi connectivity index (χ1) is 9.15. The second-order valence-corrected chi connectivity index (χ2v) is 4.94. The van der Waals surface area contributed by atoms with Crippen LogP contribution >= 0.6 is 11.3 Å². The number of rotatable bonds is 5. The van der Waals surface area contributed by atoms with Crippen LogP contribution in [0.3, 0.4) is 0 Å². The van der Waals surface area contributed by atoms with Gasteiger partial charge in [-0.2, -0.15) is 4.98 Å². The average molecular weight is 279 g/mol. The Labute approximate surface area is 115 Å². The number of fused-ring (bicyclic) bond motifs is 1. The normalized spacial score (nSPS) is 10.5. The summed E-state index contributed by atoms with van der Waals surface area (Å²) >= 11 is 1.55. The standard InChI is InChI=1S/C12H17N5OS/c1-4-17(3)9(18)7-14-10-8-5-6-19-11(8)16-12(13-2)15-10/h5-6H,4,7H2,1-3H3,(H2,13,14,15,16). The molecule has 0 unspecified atom stereocenters. The highest BCUT2D eigenvalue weighted by Crippen LogP contribution is 2.26. The summed E-state index contributed by atoms with van der Waals surface area (Å²) in [5, 5.41) is 8.91. The van der Waals surface area contributed by atoms with Crippen LogP contribution in [-0.2, 0) is 4.79 Å². The van der Waals surface area contributed by atoms with Gasteiger partial charge >= 0.3 is 0 Å². The molecule has 102 valence electrons. The van der Waals surface area contributed by atoms with E-state index in [1.807, 2.05) is 18.4 Å². The molecule has 6 nitrogen and oxygen atoms in total. The van der Waals surface area contributed by atoms with Crippen molar-refractivity contribution in [2.45, 2.75) is 6.92 Å². The first kappa shape index (κ1) is 13.5. The van der Waals surface area contributed by atoms with Crippen molar-refractivity contribution in [3.63, 3.8) is 0 Å². The summed E-state index contributed by atoms with van der Waals surface area (Å²) < 4.78 is 0. The zero-order valence-electron chi connectivity index (χ0n) is 11.2. The van der Waals surface area contributed by atoms with Crippen molar-refractivity contribution >= 4 is 39.2 Å². The fourth-order valence-electron chi connectivity index (χ4n) is 1.57. The Bertz CT molecular complexity index is 583. The molecule has 19 heavy (non-hydrogen) atoms. The highest BCUT2D eigenvalue weighted by atomic mass is 32.1. The highest BCUT2D eigenvalue weighted by Gasteiger charge is 2.11. The van der Waals surface area contributed by atoms with Crippen LogP contribution in [0.2, 0.25) is 0 Å². The molecule has 7 heteroatoms. The minimum absolute atomic E-state index is 0.0375. The molecule has 0 bridgehead atoms. The second-order valence-electron chi connectivity index (χ2n) is 4.05. The van der Waals surface area contributed by atoms with Gasteiger partial charge in [0, 0.05) is 20.6 Å². The molecular formula is C12H17N5OS. The molecule has 2 rings (SSSR count). The number of likely N-dealkylation sites (N-methyl/N-ethyl adjacent to an activating group) is 1. The van der Waals surface area contributed by atoms with E-state index in [9.17, 15) is 4.79 Å². The molecule has 0 aromatic carbocycles. The molecule has 0 saturated heterocycles. The van der Waals surface area contributed by atoms with E-state index >= 15 is 0 Å². The summed E-state index contributed by atoms with van der Waals surface area (Å²) in [6, 6.07) is 1.95. The highest BCUT2D eigenvalue weighted by molar-refractivity contribution is 7.16. The Hall–Kier alpha value is -1.89. The molecule has 2 heterocycles. The molecule has 2 aromatic rings. The predicted octanol–water partition coefficient (Wildman–Crippen LogP) is 1.62. The van der Waals surface area contributed by atoms with Gasteiger partial charge < -0.3 is 15.5 Å². The monoisotopic (exact) mass is 279 g/mol. The van der Waals surface area contributed by atoms with E-state index in [0.717, 1.165) is 10.2 Å². The van der Waals surface area contributed by atoms with Crippen LogP contribution < -0.4 is 10.6 Å². The van der Waals surface area contributed by atoms with Gasteiger partial charge in [0.05, 0.1) is 11.9 Å². The summed E-state index contributed by atoms with van der Waals surface area (Å²) in [5.74, 6) is 1.28. The van der Waals surface area contributed by atoms with Gasteiger partial charge in [0.25, 0.3) is 0 Å². The van der Waals surface area contributed by atoms with Gasteiger partial charge in [-0.3, -0.25) is 4.79 Å². The third kappa shape index (κ3) is 2.93. The maximum atomic E-state index is 11.8. The molecule has 0 spiro atoms. The summed E-state index contributed by atoms with van der Waals surface area (Å²) in [5.41, 5.74) is 0. The number of nitrogens with zero attached hydrogens (tertiary/aromatic N) is 3. The van der Waals surface area contributed by atoms with Gasteiger partial charge in [0.1, 0.15) is 10.6 Å².